The lowest BCUT2D eigenvalue weighted by Gasteiger charge is -2.51. The standard InChI is InChI=1S/C22H30O4/c1-6-20(4,19-25-12-13-26-19)14-17(24)21(5)15(3)8-10-22(7-2)11-9-16(23)18(21)22/h2,6,15,18-19H,1,8-14H2,3-5H3/t15-,18+,20-,21+,22+/m1/s1. The zero-order valence-electron chi connectivity index (χ0n) is 16.2. The van der Waals surface area contributed by atoms with Crippen LogP contribution in [0.4, 0.5) is 0 Å². The van der Waals surface area contributed by atoms with Crippen molar-refractivity contribution in [3.05, 3.63) is 12.7 Å². The van der Waals surface area contributed by atoms with Crippen molar-refractivity contribution in [2.24, 2.45) is 28.1 Å². The van der Waals surface area contributed by atoms with E-state index in [2.05, 4.69) is 19.4 Å². The van der Waals surface area contributed by atoms with Gasteiger partial charge in [-0.3, -0.25) is 9.59 Å². The van der Waals surface area contributed by atoms with Crippen molar-refractivity contribution in [1.29, 1.82) is 0 Å². The normalized spacial score (nSPS) is 39.8. The van der Waals surface area contributed by atoms with Crippen LogP contribution in [0.1, 0.15) is 52.9 Å². The predicted molar refractivity (Wildman–Crippen MR) is 99.1 cm³/mol. The quantitative estimate of drug-likeness (QED) is 0.557. The molecule has 3 rings (SSSR count). The second-order valence-corrected chi connectivity index (χ2v) is 8.81. The summed E-state index contributed by atoms with van der Waals surface area (Å²) in [6.45, 7) is 10.9. The van der Waals surface area contributed by atoms with Crippen molar-refractivity contribution >= 4 is 11.6 Å². The molecular weight excluding hydrogens is 328 g/mol. The average Bonchev–Trinajstić information content (AvgIpc) is 3.28. The van der Waals surface area contributed by atoms with Crippen LogP contribution in [0, 0.1) is 40.4 Å². The molecule has 0 bridgehead atoms. The maximum atomic E-state index is 13.6. The van der Waals surface area contributed by atoms with Gasteiger partial charge in [0.2, 0.25) is 0 Å². The van der Waals surface area contributed by atoms with Gasteiger partial charge >= 0.3 is 0 Å². The van der Waals surface area contributed by atoms with Gasteiger partial charge in [-0.2, -0.15) is 0 Å². The van der Waals surface area contributed by atoms with E-state index in [9.17, 15) is 9.59 Å². The van der Waals surface area contributed by atoms with E-state index >= 15 is 0 Å². The molecule has 0 unspecified atom stereocenters. The summed E-state index contributed by atoms with van der Waals surface area (Å²) in [5, 5.41) is 0. The molecule has 4 nitrogen and oxygen atoms in total. The Morgan fingerprint density at radius 1 is 1.42 bits per heavy atom. The number of fused-ring (bicyclic) bond motifs is 1. The number of rotatable bonds is 5. The van der Waals surface area contributed by atoms with Gasteiger partial charge in [-0.05, 0) is 25.2 Å². The van der Waals surface area contributed by atoms with Crippen LogP contribution in [0.15, 0.2) is 12.7 Å². The van der Waals surface area contributed by atoms with Gasteiger partial charge in [-0.25, -0.2) is 0 Å². The highest BCUT2D eigenvalue weighted by Gasteiger charge is 2.63. The molecule has 142 valence electrons. The molecule has 26 heavy (non-hydrogen) atoms. The maximum Gasteiger partial charge on any atom is 0.166 e. The third-order valence-electron chi connectivity index (χ3n) is 7.40. The van der Waals surface area contributed by atoms with E-state index in [-0.39, 0.29) is 29.8 Å². The summed E-state index contributed by atoms with van der Waals surface area (Å²) in [5.41, 5.74) is -1.83. The Kier molecular flexibility index (Phi) is 4.92. The number of terminal acetylenes is 1. The zero-order valence-corrected chi connectivity index (χ0v) is 16.2. The van der Waals surface area contributed by atoms with Gasteiger partial charge < -0.3 is 9.47 Å². The summed E-state index contributed by atoms with van der Waals surface area (Å²) in [6.07, 6.45) is 10.3. The minimum Gasteiger partial charge on any atom is -0.349 e. The number of ether oxygens (including phenoxy) is 2. The predicted octanol–water partition coefficient (Wildman–Crippen LogP) is 3.55. The first-order valence-corrected chi connectivity index (χ1v) is 9.64. The number of ketones is 2. The Balaban J connectivity index is 1.94. The molecule has 1 saturated heterocycles. The minimum absolute atomic E-state index is 0.0751. The number of Topliss-reactive ketones (excluding diaryl/α,β-unsaturated/α-hetero) is 2. The number of hydrogen-bond donors (Lipinski definition) is 0. The van der Waals surface area contributed by atoms with Crippen molar-refractivity contribution < 1.29 is 19.1 Å². The van der Waals surface area contributed by atoms with Gasteiger partial charge in [-0.15, -0.1) is 13.0 Å². The fourth-order valence-electron chi connectivity index (χ4n) is 5.37. The topological polar surface area (TPSA) is 52.6 Å². The summed E-state index contributed by atoms with van der Waals surface area (Å²) in [6, 6.07) is 0. The van der Waals surface area contributed by atoms with E-state index < -0.39 is 22.5 Å². The Labute approximate surface area is 156 Å². The van der Waals surface area contributed by atoms with Crippen LogP contribution in [-0.2, 0) is 19.1 Å². The van der Waals surface area contributed by atoms with Crippen LogP contribution >= 0.6 is 0 Å². The van der Waals surface area contributed by atoms with Gasteiger partial charge in [0.05, 0.1) is 13.2 Å². The first kappa shape index (κ1) is 19.3. The van der Waals surface area contributed by atoms with Gasteiger partial charge in [0.15, 0.2) is 6.29 Å². The van der Waals surface area contributed by atoms with Crippen LogP contribution in [0.25, 0.3) is 0 Å². The van der Waals surface area contributed by atoms with Gasteiger partial charge in [0.25, 0.3) is 0 Å². The van der Waals surface area contributed by atoms with Crippen molar-refractivity contribution in [2.75, 3.05) is 13.2 Å². The second-order valence-electron chi connectivity index (χ2n) is 8.81. The maximum absolute atomic E-state index is 13.6. The van der Waals surface area contributed by atoms with Crippen molar-refractivity contribution in [3.63, 3.8) is 0 Å². The molecule has 0 aromatic carbocycles. The Bertz CT molecular complexity index is 656. The van der Waals surface area contributed by atoms with Crippen molar-refractivity contribution in [3.8, 4) is 12.3 Å². The largest absolute Gasteiger partial charge is 0.349 e. The van der Waals surface area contributed by atoms with E-state index in [1.807, 2.05) is 13.8 Å². The molecule has 0 aromatic heterocycles. The molecule has 1 heterocycles. The van der Waals surface area contributed by atoms with Crippen molar-refractivity contribution in [1.82, 2.24) is 0 Å². The van der Waals surface area contributed by atoms with E-state index in [0.717, 1.165) is 12.8 Å². The molecule has 4 heteroatoms. The van der Waals surface area contributed by atoms with Gasteiger partial charge in [0, 0.05) is 35.0 Å². The smallest absolute Gasteiger partial charge is 0.166 e. The number of carbonyl (C=O) groups is 2. The van der Waals surface area contributed by atoms with Gasteiger partial charge in [0.1, 0.15) is 11.6 Å². The van der Waals surface area contributed by atoms with Crippen LogP contribution in [0.2, 0.25) is 0 Å². The zero-order chi connectivity index (χ0) is 19.2. The molecule has 2 saturated carbocycles. The number of hydrogen-bond acceptors (Lipinski definition) is 4. The third kappa shape index (κ3) is 2.68. The van der Waals surface area contributed by atoms with E-state index in [0.29, 0.717) is 26.1 Å². The fourth-order valence-corrected chi connectivity index (χ4v) is 5.37. The highest BCUT2D eigenvalue weighted by atomic mass is 16.7. The molecule has 0 aromatic rings. The van der Waals surface area contributed by atoms with Crippen molar-refractivity contribution in [2.45, 2.75) is 59.2 Å². The molecule has 3 aliphatic rings. The lowest BCUT2D eigenvalue weighted by atomic mass is 9.50. The summed E-state index contributed by atoms with van der Waals surface area (Å²) in [7, 11) is 0. The summed E-state index contributed by atoms with van der Waals surface area (Å²) >= 11 is 0. The molecule has 0 spiro atoms. The van der Waals surface area contributed by atoms with Gasteiger partial charge in [-0.1, -0.05) is 32.8 Å². The first-order chi connectivity index (χ1) is 12.2. The Morgan fingerprint density at radius 3 is 2.65 bits per heavy atom. The molecular formula is C22H30O4. The molecule has 5 atom stereocenters. The molecule has 1 aliphatic heterocycles. The SMILES string of the molecule is C#C[C@]12CCC(=O)[C@H]1[C@](C)(C(=O)C[C@@](C)(C=C)C1OCCO1)[C@H](C)CC2. The van der Waals surface area contributed by atoms with E-state index in [4.69, 9.17) is 15.9 Å². The second kappa shape index (κ2) is 6.62. The molecule has 0 N–H and O–H groups in total. The molecule has 0 amide bonds. The van der Waals surface area contributed by atoms with Crippen LogP contribution < -0.4 is 0 Å². The lowest BCUT2D eigenvalue weighted by molar-refractivity contribution is -0.156. The Hall–Kier alpha value is -1.44. The Morgan fingerprint density at radius 2 is 2.08 bits per heavy atom. The minimum atomic E-state index is -0.749. The highest BCUT2D eigenvalue weighted by molar-refractivity contribution is 5.95. The van der Waals surface area contributed by atoms with Crippen LogP contribution in [0.5, 0.6) is 0 Å². The summed E-state index contributed by atoms with van der Waals surface area (Å²) < 4.78 is 11.3. The summed E-state index contributed by atoms with van der Waals surface area (Å²) in [5.74, 6) is 2.89. The monoisotopic (exact) mass is 358 g/mol. The molecule has 0 radical (unpaired) electrons. The van der Waals surface area contributed by atoms with Crippen LogP contribution in [-0.4, -0.2) is 31.1 Å². The third-order valence-corrected chi connectivity index (χ3v) is 7.40. The van der Waals surface area contributed by atoms with E-state index in [1.165, 1.54) is 0 Å². The molecule has 2 aliphatic carbocycles. The molecule has 3 fully saturated rings. The highest BCUT2D eigenvalue weighted by Crippen LogP contribution is 2.61. The average molecular weight is 358 g/mol. The summed E-state index contributed by atoms with van der Waals surface area (Å²) in [4.78, 5) is 26.4. The number of carbonyl (C=O) groups excluding carboxylic acids is 2. The van der Waals surface area contributed by atoms with Crippen LogP contribution in [0.3, 0.4) is 0 Å². The fraction of sp³-hybridized carbons (Fsp3) is 0.727. The lowest BCUT2D eigenvalue weighted by Crippen LogP contribution is -2.54. The first-order valence-electron chi connectivity index (χ1n) is 9.64. The van der Waals surface area contributed by atoms with E-state index in [1.54, 1.807) is 6.08 Å².